The Morgan fingerprint density at radius 3 is 2.85 bits per heavy atom. The van der Waals surface area contributed by atoms with Crippen LogP contribution in [0.2, 0.25) is 0 Å². The molecule has 2 saturated heterocycles. The van der Waals surface area contributed by atoms with E-state index in [2.05, 4.69) is 5.32 Å². The first-order valence-corrected chi connectivity index (χ1v) is 7.89. The highest BCUT2D eigenvalue weighted by Gasteiger charge is 2.33. The zero-order valence-electron chi connectivity index (χ0n) is 12.4. The Bertz CT molecular complexity index is 340. The summed E-state index contributed by atoms with van der Waals surface area (Å²) in [5.41, 5.74) is 0. The minimum atomic E-state index is -0.349. The molecule has 0 aromatic rings. The van der Waals surface area contributed by atoms with Gasteiger partial charge in [-0.2, -0.15) is 0 Å². The summed E-state index contributed by atoms with van der Waals surface area (Å²) in [4.78, 5) is 26.1. The van der Waals surface area contributed by atoms with Gasteiger partial charge in [-0.05, 0) is 58.0 Å². The number of esters is 1. The van der Waals surface area contributed by atoms with Gasteiger partial charge in [-0.25, -0.2) is 4.79 Å². The molecule has 2 unspecified atom stereocenters. The van der Waals surface area contributed by atoms with Crippen LogP contribution in [0.4, 0.5) is 0 Å². The van der Waals surface area contributed by atoms with Gasteiger partial charge >= 0.3 is 5.97 Å². The van der Waals surface area contributed by atoms with Crippen LogP contribution in [0.25, 0.3) is 0 Å². The highest BCUT2D eigenvalue weighted by Crippen LogP contribution is 2.21. The predicted octanol–water partition coefficient (Wildman–Crippen LogP) is 1.32. The topological polar surface area (TPSA) is 58.6 Å². The summed E-state index contributed by atoms with van der Waals surface area (Å²) in [6, 6.07) is -0.349. The van der Waals surface area contributed by atoms with E-state index < -0.39 is 0 Å². The molecule has 20 heavy (non-hydrogen) atoms. The molecule has 2 rings (SSSR count). The van der Waals surface area contributed by atoms with Crippen molar-refractivity contribution in [2.75, 3.05) is 26.2 Å². The van der Waals surface area contributed by atoms with Crippen LogP contribution >= 0.6 is 0 Å². The first kappa shape index (κ1) is 15.3. The second-order valence-corrected chi connectivity index (χ2v) is 5.75. The van der Waals surface area contributed by atoms with Crippen molar-refractivity contribution in [2.24, 2.45) is 5.92 Å². The van der Waals surface area contributed by atoms with Crippen molar-refractivity contribution in [3.63, 3.8) is 0 Å². The fourth-order valence-corrected chi connectivity index (χ4v) is 3.15. The molecule has 2 aliphatic heterocycles. The van der Waals surface area contributed by atoms with Crippen molar-refractivity contribution in [3.8, 4) is 0 Å². The van der Waals surface area contributed by atoms with Crippen LogP contribution in [0.5, 0.6) is 0 Å². The van der Waals surface area contributed by atoms with E-state index in [1.165, 1.54) is 0 Å². The van der Waals surface area contributed by atoms with E-state index in [4.69, 9.17) is 4.74 Å². The van der Waals surface area contributed by atoms with E-state index in [9.17, 15) is 9.59 Å². The Hall–Kier alpha value is -1.10. The van der Waals surface area contributed by atoms with Gasteiger partial charge < -0.3 is 15.0 Å². The summed E-state index contributed by atoms with van der Waals surface area (Å²) in [5, 5.41) is 3.32. The standard InChI is InChI=1S/C15H26N2O3/c1-2-20-15(19)13-5-3-4-10-17(13)14(18)7-6-12-8-9-16-11-12/h12-13,16H,2-11H2,1H3. The third kappa shape index (κ3) is 3.95. The van der Waals surface area contributed by atoms with Gasteiger partial charge in [0, 0.05) is 13.0 Å². The van der Waals surface area contributed by atoms with Crippen LogP contribution in [0.1, 0.15) is 45.4 Å². The molecule has 0 aromatic heterocycles. The Morgan fingerprint density at radius 2 is 2.15 bits per heavy atom. The first-order chi connectivity index (χ1) is 9.72. The molecule has 0 saturated carbocycles. The molecule has 114 valence electrons. The molecule has 2 heterocycles. The van der Waals surface area contributed by atoms with E-state index in [1.54, 1.807) is 11.8 Å². The monoisotopic (exact) mass is 282 g/mol. The predicted molar refractivity (Wildman–Crippen MR) is 76.2 cm³/mol. The summed E-state index contributed by atoms with van der Waals surface area (Å²) in [5.74, 6) is 0.502. The molecular formula is C15H26N2O3. The van der Waals surface area contributed by atoms with E-state index in [-0.39, 0.29) is 17.9 Å². The lowest BCUT2D eigenvalue weighted by atomic mass is 9.99. The molecular weight excluding hydrogens is 256 g/mol. The van der Waals surface area contributed by atoms with Crippen molar-refractivity contribution in [1.82, 2.24) is 10.2 Å². The lowest BCUT2D eigenvalue weighted by Gasteiger charge is -2.34. The summed E-state index contributed by atoms with van der Waals surface area (Å²) >= 11 is 0. The molecule has 1 amide bonds. The van der Waals surface area contributed by atoms with Crippen molar-refractivity contribution < 1.29 is 14.3 Å². The second-order valence-electron chi connectivity index (χ2n) is 5.75. The number of nitrogens with zero attached hydrogens (tertiary/aromatic N) is 1. The number of carbonyl (C=O) groups excluding carboxylic acids is 2. The average molecular weight is 282 g/mol. The molecule has 5 nitrogen and oxygen atoms in total. The number of amides is 1. The van der Waals surface area contributed by atoms with Gasteiger partial charge in [-0.3, -0.25) is 4.79 Å². The van der Waals surface area contributed by atoms with Gasteiger partial charge in [0.25, 0.3) is 0 Å². The number of likely N-dealkylation sites (tertiary alicyclic amines) is 1. The number of hydrogen-bond donors (Lipinski definition) is 1. The third-order valence-corrected chi connectivity index (χ3v) is 4.31. The minimum absolute atomic E-state index is 0.120. The molecule has 5 heteroatoms. The molecule has 2 atom stereocenters. The van der Waals surface area contributed by atoms with Gasteiger partial charge in [0.2, 0.25) is 5.91 Å². The lowest BCUT2D eigenvalue weighted by molar-refractivity contribution is -0.156. The van der Waals surface area contributed by atoms with Crippen LogP contribution < -0.4 is 5.32 Å². The highest BCUT2D eigenvalue weighted by atomic mass is 16.5. The van der Waals surface area contributed by atoms with Crippen LogP contribution in [0.15, 0.2) is 0 Å². The van der Waals surface area contributed by atoms with Crippen LogP contribution in [0.3, 0.4) is 0 Å². The Labute approximate surface area is 121 Å². The molecule has 2 aliphatic rings. The second kappa shape index (κ2) is 7.62. The number of rotatable bonds is 5. The summed E-state index contributed by atoms with van der Waals surface area (Å²) < 4.78 is 5.10. The van der Waals surface area contributed by atoms with Gasteiger partial charge in [-0.1, -0.05) is 0 Å². The van der Waals surface area contributed by atoms with E-state index >= 15 is 0 Å². The summed E-state index contributed by atoms with van der Waals surface area (Å²) in [6.45, 7) is 4.97. The third-order valence-electron chi connectivity index (χ3n) is 4.31. The lowest BCUT2D eigenvalue weighted by Crippen LogP contribution is -2.48. The molecule has 0 radical (unpaired) electrons. The zero-order valence-corrected chi connectivity index (χ0v) is 12.4. The van der Waals surface area contributed by atoms with E-state index in [1.807, 2.05) is 0 Å². The molecule has 0 bridgehead atoms. The van der Waals surface area contributed by atoms with Gasteiger partial charge in [-0.15, -0.1) is 0 Å². The molecule has 1 N–H and O–H groups in total. The van der Waals surface area contributed by atoms with Crippen LogP contribution in [-0.4, -0.2) is 49.1 Å². The summed E-state index contributed by atoms with van der Waals surface area (Å²) in [6.07, 6.45) is 5.39. The smallest absolute Gasteiger partial charge is 0.328 e. The fourth-order valence-electron chi connectivity index (χ4n) is 3.15. The van der Waals surface area contributed by atoms with Crippen molar-refractivity contribution >= 4 is 11.9 Å². The highest BCUT2D eigenvalue weighted by molar-refractivity contribution is 5.84. The first-order valence-electron chi connectivity index (χ1n) is 7.89. The normalized spacial score (nSPS) is 26.6. The molecule has 0 aromatic carbocycles. The molecule has 2 fully saturated rings. The minimum Gasteiger partial charge on any atom is -0.464 e. The van der Waals surface area contributed by atoms with Gasteiger partial charge in [0.1, 0.15) is 6.04 Å². The zero-order chi connectivity index (χ0) is 14.4. The summed E-state index contributed by atoms with van der Waals surface area (Å²) in [7, 11) is 0. The quantitative estimate of drug-likeness (QED) is 0.773. The average Bonchev–Trinajstić information content (AvgIpc) is 2.98. The fraction of sp³-hybridized carbons (Fsp3) is 0.867. The van der Waals surface area contributed by atoms with Gasteiger partial charge in [0.15, 0.2) is 0 Å². The van der Waals surface area contributed by atoms with E-state index in [0.29, 0.717) is 25.5 Å². The van der Waals surface area contributed by atoms with Crippen LogP contribution in [0, 0.1) is 5.92 Å². The number of carbonyl (C=O) groups is 2. The maximum Gasteiger partial charge on any atom is 0.328 e. The van der Waals surface area contributed by atoms with Gasteiger partial charge in [0.05, 0.1) is 6.61 Å². The SMILES string of the molecule is CCOC(=O)C1CCCCN1C(=O)CCC1CCNC1. The molecule has 0 spiro atoms. The number of hydrogen-bond acceptors (Lipinski definition) is 4. The number of nitrogens with one attached hydrogen (secondary N) is 1. The van der Waals surface area contributed by atoms with Crippen LogP contribution in [-0.2, 0) is 14.3 Å². The Morgan fingerprint density at radius 1 is 1.30 bits per heavy atom. The Kier molecular flexibility index (Phi) is 5.83. The number of piperidine rings is 1. The van der Waals surface area contributed by atoms with Crippen molar-refractivity contribution in [3.05, 3.63) is 0 Å². The van der Waals surface area contributed by atoms with E-state index in [0.717, 1.165) is 45.2 Å². The van der Waals surface area contributed by atoms with Crippen molar-refractivity contribution in [2.45, 2.75) is 51.5 Å². The maximum absolute atomic E-state index is 12.4. The largest absolute Gasteiger partial charge is 0.464 e. The number of ether oxygens (including phenoxy) is 1. The maximum atomic E-state index is 12.4. The molecule has 0 aliphatic carbocycles. The Balaban J connectivity index is 1.85. The van der Waals surface area contributed by atoms with Crippen molar-refractivity contribution in [1.29, 1.82) is 0 Å².